The third-order valence-corrected chi connectivity index (χ3v) is 4.39. The predicted molar refractivity (Wildman–Crippen MR) is 75.5 cm³/mol. The number of hydrogen-bond acceptors (Lipinski definition) is 3. The maximum Gasteiger partial charge on any atom is 0.0109 e. The fraction of sp³-hybridized carbons (Fsp3) is 1.00. The molecule has 0 aromatic heterocycles. The molecule has 17 heavy (non-hydrogen) atoms. The highest BCUT2D eigenvalue weighted by Gasteiger charge is 2.22. The molecule has 1 fully saturated rings. The average molecular weight is 241 g/mol. The molecular weight excluding hydrogens is 210 g/mol. The Hall–Kier alpha value is -0.120. The van der Waals surface area contributed by atoms with E-state index in [1.165, 1.54) is 51.9 Å². The molecule has 0 bridgehead atoms. The quantitative estimate of drug-likeness (QED) is 0.733. The van der Waals surface area contributed by atoms with Gasteiger partial charge in [-0.25, -0.2) is 0 Å². The smallest absolute Gasteiger partial charge is 0.0109 e. The van der Waals surface area contributed by atoms with E-state index < -0.39 is 0 Å². The van der Waals surface area contributed by atoms with Crippen LogP contribution in [-0.2, 0) is 0 Å². The van der Waals surface area contributed by atoms with E-state index in [0.717, 1.165) is 12.1 Å². The largest absolute Gasteiger partial charge is 0.317 e. The summed E-state index contributed by atoms with van der Waals surface area (Å²) in [6.07, 6.45) is 5.41. The van der Waals surface area contributed by atoms with Gasteiger partial charge in [0.1, 0.15) is 0 Å². The molecule has 0 radical (unpaired) electrons. The SMILES string of the molecule is CCN(CC)CCN(C)C1CCC(NC)CC1. The zero-order chi connectivity index (χ0) is 12.7. The molecule has 0 spiro atoms. The van der Waals surface area contributed by atoms with Crippen LogP contribution in [0.3, 0.4) is 0 Å². The van der Waals surface area contributed by atoms with Gasteiger partial charge in [-0.05, 0) is 52.9 Å². The van der Waals surface area contributed by atoms with Gasteiger partial charge in [0.15, 0.2) is 0 Å². The van der Waals surface area contributed by atoms with Gasteiger partial charge in [-0.15, -0.1) is 0 Å². The molecule has 0 heterocycles. The Bertz CT molecular complexity index is 184. The summed E-state index contributed by atoms with van der Waals surface area (Å²) < 4.78 is 0. The van der Waals surface area contributed by atoms with Crippen molar-refractivity contribution in [2.24, 2.45) is 0 Å². The van der Waals surface area contributed by atoms with Crippen molar-refractivity contribution in [1.82, 2.24) is 15.1 Å². The summed E-state index contributed by atoms with van der Waals surface area (Å²) in [6.45, 7) is 9.29. The highest BCUT2D eigenvalue weighted by molar-refractivity contribution is 4.81. The van der Waals surface area contributed by atoms with Crippen LogP contribution >= 0.6 is 0 Å². The lowest BCUT2D eigenvalue weighted by atomic mass is 9.90. The molecule has 1 aliphatic rings. The molecule has 0 atom stereocenters. The first-order valence-corrected chi connectivity index (χ1v) is 7.31. The van der Waals surface area contributed by atoms with E-state index >= 15 is 0 Å². The first-order valence-electron chi connectivity index (χ1n) is 7.31. The minimum Gasteiger partial charge on any atom is -0.317 e. The van der Waals surface area contributed by atoms with Gasteiger partial charge in [-0.3, -0.25) is 0 Å². The van der Waals surface area contributed by atoms with Crippen LogP contribution in [-0.4, -0.2) is 62.2 Å². The summed E-state index contributed by atoms with van der Waals surface area (Å²) in [5, 5.41) is 3.41. The van der Waals surface area contributed by atoms with Gasteiger partial charge >= 0.3 is 0 Å². The molecule has 0 amide bonds. The molecule has 0 unspecified atom stereocenters. The van der Waals surface area contributed by atoms with Crippen LogP contribution in [0.2, 0.25) is 0 Å². The van der Waals surface area contributed by atoms with Crippen molar-refractivity contribution in [3.8, 4) is 0 Å². The molecule has 102 valence electrons. The Balaban J connectivity index is 2.22. The van der Waals surface area contributed by atoms with Crippen LogP contribution in [0.1, 0.15) is 39.5 Å². The van der Waals surface area contributed by atoms with Gasteiger partial charge < -0.3 is 15.1 Å². The van der Waals surface area contributed by atoms with Crippen molar-refractivity contribution < 1.29 is 0 Å². The van der Waals surface area contributed by atoms with Gasteiger partial charge in [0.2, 0.25) is 0 Å². The summed E-state index contributed by atoms with van der Waals surface area (Å²) in [5.41, 5.74) is 0. The molecule has 0 aromatic carbocycles. The van der Waals surface area contributed by atoms with Crippen LogP contribution in [0, 0.1) is 0 Å². The Kier molecular flexibility index (Phi) is 7.09. The van der Waals surface area contributed by atoms with E-state index in [0.29, 0.717) is 0 Å². The van der Waals surface area contributed by atoms with Crippen molar-refractivity contribution in [3.05, 3.63) is 0 Å². The minimum atomic E-state index is 0.766. The lowest BCUT2D eigenvalue weighted by Crippen LogP contribution is -2.42. The monoisotopic (exact) mass is 241 g/mol. The van der Waals surface area contributed by atoms with E-state index in [-0.39, 0.29) is 0 Å². The summed E-state index contributed by atoms with van der Waals surface area (Å²) in [5.74, 6) is 0. The second-order valence-corrected chi connectivity index (χ2v) is 5.30. The molecule has 1 N–H and O–H groups in total. The lowest BCUT2D eigenvalue weighted by molar-refractivity contribution is 0.155. The summed E-state index contributed by atoms with van der Waals surface area (Å²) >= 11 is 0. The van der Waals surface area contributed by atoms with Gasteiger partial charge in [0, 0.05) is 25.2 Å². The third-order valence-electron chi connectivity index (χ3n) is 4.39. The van der Waals surface area contributed by atoms with Crippen molar-refractivity contribution in [2.75, 3.05) is 40.3 Å². The fourth-order valence-corrected chi connectivity index (χ4v) is 2.83. The predicted octanol–water partition coefficient (Wildman–Crippen LogP) is 1.79. The van der Waals surface area contributed by atoms with Crippen LogP contribution in [0.25, 0.3) is 0 Å². The first kappa shape index (κ1) is 14.9. The maximum absolute atomic E-state index is 3.41. The Morgan fingerprint density at radius 1 is 1.00 bits per heavy atom. The van der Waals surface area contributed by atoms with E-state index in [9.17, 15) is 0 Å². The van der Waals surface area contributed by atoms with Crippen LogP contribution in [0.15, 0.2) is 0 Å². The van der Waals surface area contributed by atoms with Crippen LogP contribution in [0.5, 0.6) is 0 Å². The summed E-state index contributed by atoms with van der Waals surface area (Å²) in [6, 6.07) is 1.58. The lowest BCUT2D eigenvalue weighted by Gasteiger charge is -2.35. The standard InChI is InChI=1S/C14H31N3/c1-5-17(6-2)12-11-16(4)14-9-7-13(15-3)8-10-14/h13-15H,5-12H2,1-4H3. The molecule has 0 saturated heterocycles. The molecule has 1 saturated carbocycles. The fourth-order valence-electron chi connectivity index (χ4n) is 2.83. The summed E-state index contributed by atoms with van der Waals surface area (Å²) in [4.78, 5) is 5.08. The van der Waals surface area contributed by atoms with Crippen molar-refractivity contribution in [2.45, 2.75) is 51.6 Å². The number of nitrogens with zero attached hydrogens (tertiary/aromatic N) is 2. The summed E-state index contributed by atoms with van der Waals surface area (Å²) in [7, 11) is 4.39. The van der Waals surface area contributed by atoms with Gasteiger partial charge in [0.25, 0.3) is 0 Å². The Morgan fingerprint density at radius 3 is 2.06 bits per heavy atom. The van der Waals surface area contributed by atoms with Crippen LogP contribution < -0.4 is 5.32 Å². The zero-order valence-corrected chi connectivity index (χ0v) is 12.2. The van der Waals surface area contributed by atoms with E-state index in [4.69, 9.17) is 0 Å². The Morgan fingerprint density at radius 2 is 1.59 bits per heavy atom. The van der Waals surface area contributed by atoms with Crippen molar-refractivity contribution in [3.63, 3.8) is 0 Å². The molecule has 1 aliphatic carbocycles. The van der Waals surface area contributed by atoms with Crippen LogP contribution in [0.4, 0.5) is 0 Å². The average Bonchev–Trinajstić information content (AvgIpc) is 2.39. The molecular formula is C14H31N3. The van der Waals surface area contributed by atoms with E-state index in [1.54, 1.807) is 0 Å². The highest BCUT2D eigenvalue weighted by Crippen LogP contribution is 2.21. The second kappa shape index (κ2) is 8.06. The number of nitrogens with one attached hydrogen (secondary N) is 1. The van der Waals surface area contributed by atoms with Gasteiger partial charge in [-0.2, -0.15) is 0 Å². The molecule has 0 aliphatic heterocycles. The van der Waals surface area contributed by atoms with Crippen molar-refractivity contribution in [1.29, 1.82) is 0 Å². The third kappa shape index (κ3) is 4.94. The number of likely N-dealkylation sites (N-methyl/N-ethyl adjacent to an activating group) is 2. The second-order valence-electron chi connectivity index (χ2n) is 5.30. The van der Waals surface area contributed by atoms with Gasteiger partial charge in [-0.1, -0.05) is 13.8 Å². The molecule has 1 rings (SSSR count). The van der Waals surface area contributed by atoms with E-state index in [1.807, 2.05) is 0 Å². The van der Waals surface area contributed by atoms with Crippen molar-refractivity contribution >= 4 is 0 Å². The van der Waals surface area contributed by atoms with Gasteiger partial charge in [0.05, 0.1) is 0 Å². The molecule has 3 heteroatoms. The molecule has 0 aromatic rings. The topological polar surface area (TPSA) is 18.5 Å². The highest BCUT2D eigenvalue weighted by atomic mass is 15.2. The first-order chi connectivity index (χ1) is 8.21. The zero-order valence-electron chi connectivity index (χ0n) is 12.2. The normalized spacial score (nSPS) is 25.8. The maximum atomic E-state index is 3.41. The minimum absolute atomic E-state index is 0.766. The molecule has 3 nitrogen and oxygen atoms in total. The Labute approximate surface area is 108 Å². The van der Waals surface area contributed by atoms with E-state index in [2.05, 4.69) is 43.1 Å². The number of rotatable bonds is 7. The number of hydrogen-bond donors (Lipinski definition) is 1.